The maximum atomic E-state index is 2.88. The van der Waals surface area contributed by atoms with Gasteiger partial charge < -0.3 is 0 Å². The molecule has 0 aromatic rings. The van der Waals surface area contributed by atoms with Crippen molar-refractivity contribution in [2.24, 2.45) is 34.0 Å². The average Bonchev–Trinajstić information content (AvgIpc) is 2.95. The van der Waals surface area contributed by atoms with Gasteiger partial charge >= 0.3 is 0 Å². The molecule has 0 heterocycles. The Morgan fingerprint density at radius 2 is 1.93 bits per heavy atom. The van der Waals surface area contributed by atoms with E-state index in [9.17, 15) is 0 Å². The van der Waals surface area contributed by atoms with Gasteiger partial charge in [-0.3, -0.25) is 0 Å². The Balaban J connectivity index is 1.84. The van der Waals surface area contributed by atoms with Gasteiger partial charge in [0.25, 0.3) is 0 Å². The molecule has 1 spiro atoms. The number of halogens is 2. The van der Waals surface area contributed by atoms with Crippen molar-refractivity contribution in [2.75, 3.05) is 4.43 Å². The summed E-state index contributed by atoms with van der Waals surface area (Å²) in [7, 11) is 0. The van der Waals surface area contributed by atoms with Crippen LogP contribution in [0.3, 0.4) is 0 Å². The quantitative estimate of drug-likeness (QED) is 0.432. The van der Waals surface area contributed by atoms with Crippen LogP contribution in [0.4, 0.5) is 0 Å². The van der Waals surface area contributed by atoms with Gasteiger partial charge in [-0.2, -0.15) is 0 Å². The van der Waals surface area contributed by atoms with Crippen molar-refractivity contribution in [3.8, 4) is 0 Å². The van der Waals surface area contributed by atoms with Crippen molar-refractivity contribution in [1.82, 2.24) is 0 Å². The van der Waals surface area contributed by atoms with Crippen LogP contribution in [0.1, 0.15) is 33.6 Å². The lowest BCUT2D eigenvalue weighted by Gasteiger charge is -2.89. The molecule has 0 aromatic carbocycles. The fourth-order valence-corrected chi connectivity index (χ4v) is 10.7. The summed E-state index contributed by atoms with van der Waals surface area (Å²) in [6.45, 7) is 7.75. The molecule has 4 rings (SSSR count). The molecule has 6 unspecified atom stereocenters. The van der Waals surface area contributed by atoms with Gasteiger partial charge in [-0.1, -0.05) is 66.0 Å². The molecule has 7 atom stereocenters. The van der Waals surface area contributed by atoms with Crippen molar-refractivity contribution < 1.29 is 0 Å². The minimum Gasteiger partial charge on any atom is -0.0860 e. The molecule has 0 nitrogen and oxygen atoms in total. The second-order valence-electron chi connectivity index (χ2n) is 6.87. The number of fused-ring (bicyclic) bond motifs is 2. The Labute approximate surface area is 120 Å². The molecule has 0 saturated heterocycles. The minimum atomic E-state index is 0.658. The highest BCUT2D eigenvalue weighted by Crippen LogP contribution is 3.04. The van der Waals surface area contributed by atoms with Crippen molar-refractivity contribution in [2.45, 2.75) is 37.0 Å². The lowest BCUT2D eigenvalue weighted by atomic mass is 9.20. The van der Waals surface area contributed by atoms with E-state index in [0.29, 0.717) is 8.84 Å². The summed E-state index contributed by atoms with van der Waals surface area (Å²) < 4.78 is 2.03. The lowest BCUT2D eigenvalue weighted by Crippen LogP contribution is -2.89. The number of rotatable bonds is 1. The van der Waals surface area contributed by atoms with E-state index in [1.165, 1.54) is 10.8 Å². The molecule has 0 aliphatic heterocycles. The van der Waals surface area contributed by atoms with Crippen LogP contribution in [-0.4, -0.2) is 7.85 Å². The van der Waals surface area contributed by atoms with E-state index < -0.39 is 0 Å². The van der Waals surface area contributed by atoms with Crippen LogP contribution in [-0.2, 0) is 0 Å². The van der Waals surface area contributed by atoms with Crippen LogP contribution in [0.5, 0.6) is 0 Å². The van der Waals surface area contributed by atoms with Crippen LogP contribution >= 0.6 is 45.2 Å². The summed E-state index contributed by atoms with van der Waals surface area (Å²) >= 11 is 5.48. The summed E-state index contributed by atoms with van der Waals surface area (Å²) in [4.78, 5) is 0. The van der Waals surface area contributed by atoms with Crippen LogP contribution in [0.25, 0.3) is 0 Å². The number of alkyl halides is 2. The smallest absolute Gasteiger partial charge is 0.0379 e. The first kappa shape index (κ1) is 10.4. The molecule has 4 aliphatic carbocycles. The van der Waals surface area contributed by atoms with Gasteiger partial charge in [-0.05, 0) is 46.8 Å². The SMILES string of the molecule is CC1[C@H]2CC23C2(C)CC(CI)C2(I)C13C. The monoisotopic (exact) mass is 428 g/mol. The Kier molecular flexibility index (Phi) is 1.60. The molecule has 0 bridgehead atoms. The van der Waals surface area contributed by atoms with Crippen LogP contribution < -0.4 is 0 Å². The van der Waals surface area contributed by atoms with Crippen LogP contribution in [0.15, 0.2) is 0 Å². The maximum Gasteiger partial charge on any atom is 0.0379 e. The largest absolute Gasteiger partial charge is 0.0860 e. The molecule has 0 N–H and O–H groups in total. The van der Waals surface area contributed by atoms with E-state index >= 15 is 0 Å². The molecule has 2 heteroatoms. The number of hydrogen-bond acceptors (Lipinski definition) is 0. The minimum absolute atomic E-state index is 0.658. The summed E-state index contributed by atoms with van der Waals surface area (Å²) in [5.74, 6) is 3.13. The summed E-state index contributed by atoms with van der Waals surface area (Å²) in [5.41, 5.74) is 2.25. The second-order valence-corrected chi connectivity index (χ2v) is 9.45. The standard InChI is InChI=1S/C13H18I2/c1-7-9-5-12(9)10(2)4-8(6-14)13(10,15)11(7,12)3/h7-9H,4-6H2,1-3H3/t7?,8?,9-,10?,11?,12?,13?/m1/s1. The van der Waals surface area contributed by atoms with Gasteiger partial charge in [0, 0.05) is 7.85 Å². The normalized spacial score (nSPS) is 77.8. The van der Waals surface area contributed by atoms with E-state index in [0.717, 1.165) is 28.6 Å². The van der Waals surface area contributed by atoms with E-state index in [-0.39, 0.29) is 0 Å². The van der Waals surface area contributed by atoms with Gasteiger partial charge in [-0.25, -0.2) is 0 Å². The Bertz CT molecular complexity index is 381. The molecule has 4 fully saturated rings. The van der Waals surface area contributed by atoms with E-state index in [2.05, 4.69) is 66.0 Å². The molecule has 0 aromatic heterocycles. The van der Waals surface area contributed by atoms with Crippen molar-refractivity contribution >= 4 is 45.2 Å². The molecule has 0 radical (unpaired) electrons. The topological polar surface area (TPSA) is 0 Å². The second kappa shape index (κ2) is 2.30. The predicted octanol–water partition coefficient (Wildman–Crippen LogP) is 4.30. The van der Waals surface area contributed by atoms with Crippen LogP contribution in [0.2, 0.25) is 0 Å². The summed E-state index contributed by atoms with van der Waals surface area (Å²) in [5, 5.41) is 0. The molecule has 4 aliphatic rings. The van der Waals surface area contributed by atoms with Gasteiger partial charge in [0.2, 0.25) is 0 Å². The molecule has 4 saturated carbocycles. The summed E-state index contributed by atoms with van der Waals surface area (Å²) in [6, 6.07) is 0. The maximum absolute atomic E-state index is 2.88. The first-order valence-corrected chi connectivity index (χ1v) is 8.77. The zero-order valence-corrected chi connectivity index (χ0v) is 13.9. The molecule has 84 valence electrons. The first-order valence-electron chi connectivity index (χ1n) is 6.16. The third kappa shape index (κ3) is 0.581. The first-order chi connectivity index (χ1) is 6.92. The lowest BCUT2D eigenvalue weighted by molar-refractivity contribution is -0.336. The molecule has 0 amide bonds. The van der Waals surface area contributed by atoms with E-state index in [4.69, 9.17) is 0 Å². The van der Waals surface area contributed by atoms with Crippen molar-refractivity contribution in [3.63, 3.8) is 0 Å². The van der Waals surface area contributed by atoms with Crippen molar-refractivity contribution in [3.05, 3.63) is 0 Å². The fraction of sp³-hybridized carbons (Fsp3) is 1.00. The zero-order valence-electron chi connectivity index (χ0n) is 9.61. The third-order valence-corrected chi connectivity index (χ3v) is 11.7. The fourth-order valence-electron chi connectivity index (χ4n) is 6.77. The zero-order chi connectivity index (χ0) is 10.9. The van der Waals surface area contributed by atoms with Gasteiger partial charge in [0.05, 0.1) is 0 Å². The Morgan fingerprint density at radius 3 is 2.47 bits per heavy atom. The molecular formula is C13H18I2. The Hall–Kier alpha value is 1.46. The average molecular weight is 428 g/mol. The van der Waals surface area contributed by atoms with Crippen LogP contribution in [0, 0.1) is 34.0 Å². The number of hydrogen-bond donors (Lipinski definition) is 0. The highest BCUT2D eigenvalue weighted by molar-refractivity contribution is 14.1. The molecular weight excluding hydrogens is 410 g/mol. The van der Waals surface area contributed by atoms with E-state index in [1.807, 2.05) is 0 Å². The molecule has 15 heavy (non-hydrogen) atoms. The Morgan fingerprint density at radius 1 is 1.27 bits per heavy atom. The highest BCUT2D eigenvalue weighted by atomic mass is 127. The predicted molar refractivity (Wildman–Crippen MR) is 79.7 cm³/mol. The van der Waals surface area contributed by atoms with Crippen molar-refractivity contribution in [1.29, 1.82) is 0 Å². The highest BCUT2D eigenvalue weighted by Gasteiger charge is 3.02. The van der Waals surface area contributed by atoms with Gasteiger partial charge in [0.15, 0.2) is 0 Å². The third-order valence-electron chi connectivity index (χ3n) is 7.40. The van der Waals surface area contributed by atoms with E-state index in [1.54, 1.807) is 6.42 Å². The van der Waals surface area contributed by atoms with Gasteiger partial charge in [-0.15, -0.1) is 0 Å². The van der Waals surface area contributed by atoms with Gasteiger partial charge in [0.1, 0.15) is 0 Å². The summed E-state index contributed by atoms with van der Waals surface area (Å²) in [6.07, 6.45) is 3.09.